The topological polar surface area (TPSA) is 73.1 Å². The zero-order valence-corrected chi connectivity index (χ0v) is 12.0. The highest BCUT2D eigenvalue weighted by atomic mass is 16.5. The van der Waals surface area contributed by atoms with Gasteiger partial charge in [-0.1, -0.05) is 44.2 Å². The summed E-state index contributed by atoms with van der Waals surface area (Å²) in [5, 5.41) is 0. The van der Waals surface area contributed by atoms with Gasteiger partial charge in [0, 0.05) is 0 Å². The Balaban J connectivity index is 2.29. The van der Waals surface area contributed by atoms with Gasteiger partial charge in [-0.05, 0) is 18.4 Å². The fourth-order valence-corrected chi connectivity index (χ4v) is 2.07. The number of nitrogens with one attached hydrogen (secondary N) is 1. The zero-order valence-electron chi connectivity index (χ0n) is 12.0. The molecule has 0 radical (unpaired) electrons. The van der Waals surface area contributed by atoms with E-state index < -0.39 is 0 Å². The second-order valence-corrected chi connectivity index (χ2v) is 4.91. The number of hydrogen-bond donors (Lipinski definition) is 2. The van der Waals surface area contributed by atoms with Crippen molar-refractivity contribution in [1.29, 1.82) is 0 Å². The minimum Gasteiger partial charge on any atom is -0.469 e. The minimum atomic E-state index is -0.0887. The predicted molar refractivity (Wildman–Crippen MR) is 79.4 cm³/mol. The Kier molecular flexibility index (Phi) is 4.53. The Bertz CT molecular complexity index is 557. The Morgan fingerprint density at radius 2 is 1.80 bits per heavy atom. The van der Waals surface area contributed by atoms with Crippen LogP contribution in [-0.4, -0.2) is 9.97 Å². The summed E-state index contributed by atoms with van der Waals surface area (Å²) in [6.07, 6.45) is 1.36. The molecule has 0 amide bonds. The smallest absolute Gasteiger partial charge is 0.222 e. The van der Waals surface area contributed by atoms with Gasteiger partial charge in [-0.2, -0.15) is 0 Å². The predicted octanol–water partition coefficient (Wildman–Crippen LogP) is 3.03. The van der Waals surface area contributed by atoms with E-state index in [1.54, 1.807) is 0 Å². The van der Waals surface area contributed by atoms with Crippen LogP contribution < -0.4 is 16.0 Å². The van der Waals surface area contributed by atoms with Crippen molar-refractivity contribution in [3.63, 3.8) is 0 Å². The van der Waals surface area contributed by atoms with E-state index in [2.05, 4.69) is 29.2 Å². The molecule has 0 aliphatic carbocycles. The lowest BCUT2D eigenvalue weighted by molar-refractivity contribution is 0.214. The van der Waals surface area contributed by atoms with Crippen LogP contribution >= 0.6 is 0 Å². The number of rotatable bonds is 5. The second kappa shape index (κ2) is 6.34. The summed E-state index contributed by atoms with van der Waals surface area (Å²) in [6, 6.07) is 10.0. The molecule has 1 unspecified atom stereocenters. The second-order valence-electron chi connectivity index (χ2n) is 4.91. The average molecular weight is 272 g/mol. The van der Waals surface area contributed by atoms with Crippen molar-refractivity contribution in [3.8, 4) is 5.88 Å². The summed E-state index contributed by atoms with van der Waals surface area (Å²) in [5.41, 5.74) is 4.59. The Morgan fingerprint density at radius 3 is 2.40 bits per heavy atom. The maximum absolute atomic E-state index is 5.99. The van der Waals surface area contributed by atoms with Crippen molar-refractivity contribution in [2.45, 2.75) is 32.8 Å². The van der Waals surface area contributed by atoms with E-state index in [1.165, 1.54) is 6.33 Å². The lowest BCUT2D eigenvalue weighted by Crippen LogP contribution is -2.14. The van der Waals surface area contributed by atoms with Crippen molar-refractivity contribution in [1.82, 2.24) is 9.97 Å². The third-order valence-corrected chi connectivity index (χ3v) is 3.12. The first-order valence-corrected chi connectivity index (χ1v) is 6.66. The highest BCUT2D eigenvalue weighted by Gasteiger charge is 2.18. The first-order valence-electron chi connectivity index (χ1n) is 6.66. The number of hydrazine groups is 1. The van der Waals surface area contributed by atoms with Gasteiger partial charge in [0.15, 0.2) is 5.82 Å². The standard InChI is InChI=1S/C15H20N4O/c1-10(2)13-14(19-16)17-9-18-15(13)20-11(3)12-7-5-4-6-8-12/h4-11H,16H2,1-3H3,(H,17,18,19). The van der Waals surface area contributed by atoms with Gasteiger partial charge < -0.3 is 10.2 Å². The highest BCUT2D eigenvalue weighted by Crippen LogP contribution is 2.32. The molecule has 0 spiro atoms. The molecule has 2 rings (SSSR count). The molecule has 1 aromatic carbocycles. The number of aromatic nitrogens is 2. The lowest BCUT2D eigenvalue weighted by Gasteiger charge is -2.19. The molecule has 106 valence electrons. The van der Waals surface area contributed by atoms with E-state index in [0.717, 1.165) is 11.1 Å². The van der Waals surface area contributed by atoms with Gasteiger partial charge in [0.1, 0.15) is 12.4 Å². The molecular formula is C15H20N4O. The van der Waals surface area contributed by atoms with Gasteiger partial charge in [-0.25, -0.2) is 15.8 Å². The third-order valence-electron chi connectivity index (χ3n) is 3.12. The first kappa shape index (κ1) is 14.3. The number of ether oxygens (including phenoxy) is 1. The Labute approximate surface area is 119 Å². The van der Waals surface area contributed by atoms with E-state index in [1.807, 2.05) is 37.3 Å². The van der Waals surface area contributed by atoms with Crippen LogP contribution in [0.25, 0.3) is 0 Å². The van der Waals surface area contributed by atoms with E-state index in [0.29, 0.717) is 11.7 Å². The Morgan fingerprint density at radius 1 is 1.10 bits per heavy atom. The molecule has 0 aliphatic rings. The van der Waals surface area contributed by atoms with Crippen LogP contribution in [0.1, 0.15) is 43.9 Å². The van der Waals surface area contributed by atoms with Crippen molar-refractivity contribution in [2.75, 3.05) is 5.43 Å². The quantitative estimate of drug-likeness (QED) is 0.646. The van der Waals surface area contributed by atoms with Crippen LogP contribution in [0.2, 0.25) is 0 Å². The number of benzene rings is 1. The van der Waals surface area contributed by atoms with Crippen LogP contribution in [0.5, 0.6) is 5.88 Å². The number of anilines is 1. The molecule has 1 atom stereocenters. The van der Waals surface area contributed by atoms with E-state index in [-0.39, 0.29) is 12.0 Å². The molecule has 5 nitrogen and oxygen atoms in total. The van der Waals surface area contributed by atoms with Crippen LogP contribution in [0.3, 0.4) is 0 Å². The van der Waals surface area contributed by atoms with Gasteiger partial charge in [0.25, 0.3) is 0 Å². The van der Waals surface area contributed by atoms with Gasteiger partial charge >= 0.3 is 0 Å². The fraction of sp³-hybridized carbons (Fsp3) is 0.333. The van der Waals surface area contributed by atoms with Crippen molar-refractivity contribution in [2.24, 2.45) is 5.84 Å². The van der Waals surface area contributed by atoms with Crippen LogP contribution in [0.4, 0.5) is 5.82 Å². The normalized spacial score (nSPS) is 12.2. The molecule has 0 aliphatic heterocycles. The van der Waals surface area contributed by atoms with Gasteiger partial charge in [0.05, 0.1) is 5.56 Å². The monoisotopic (exact) mass is 272 g/mol. The molecule has 0 saturated carbocycles. The minimum absolute atomic E-state index is 0.0887. The molecule has 1 aromatic heterocycles. The molecule has 0 bridgehead atoms. The first-order chi connectivity index (χ1) is 9.63. The number of nitrogen functional groups attached to an aromatic ring is 1. The lowest BCUT2D eigenvalue weighted by atomic mass is 10.1. The summed E-state index contributed by atoms with van der Waals surface area (Å²) in [4.78, 5) is 8.38. The van der Waals surface area contributed by atoms with Gasteiger partial charge in [0.2, 0.25) is 5.88 Å². The summed E-state index contributed by atoms with van der Waals surface area (Å²) in [5.74, 6) is 6.88. The number of nitrogens with zero attached hydrogens (tertiary/aromatic N) is 2. The highest BCUT2D eigenvalue weighted by molar-refractivity contribution is 5.49. The average Bonchev–Trinajstić information content (AvgIpc) is 2.47. The molecule has 5 heteroatoms. The summed E-state index contributed by atoms with van der Waals surface area (Å²) >= 11 is 0. The molecule has 20 heavy (non-hydrogen) atoms. The van der Waals surface area contributed by atoms with Crippen molar-refractivity contribution >= 4 is 5.82 Å². The largest absolute Gasteiger partial charge is 0.469 e. The molecule has 0 saturated heterocycles. The zero-order chi connectivity index (χ0) is 14.5. The van der Waals surface area contributed by atoms with Crippen molar-refractivity contribution in [3.05, 3.63) is 47.8 Å². The van der Waals surface area contributed by atoms with Crippen LogP contribution in [0, 0.1) is 0 Å². The van der Waals surface area contributed by atoms with Crippen LogP contribution in [-0.2, 0) is 0 Å². The number of hydrogen-bond acceptors (Lipinski definition) is 5. The van der Waals surface area contributed by atoms with E-state index in [4.69, 9.17) is 10.6 Å². The van der Waals surface area contributed by atoms with E-state index >= 15 is 0 Å². The SMILES string of the molecule is CC(C)c1c(NN)ncnc1OC(C)c1ccccc1. The third kappa shape index (κ3) is 3.05. The molecule has 3 N–H and O–H groups in total. The molecular weight excluding hydrogens is 252 g/mol. The van der Waals surface area contributed by atoms with Crippen LogP contribution in [0.15, 0.2) is 36.7 Å². The summed E-state index contributed by atoms with van der Waals surface area (Å²) in [6.45, 7) is 6.11. The maximum Gasteiger partial charge on any atom is 0.222 e. The van der Waals surface area contributed by atoms with Gasteiger partial charge in [-0.3, -0.25) is 0 Å². The van der Waals surface area contributed by atoms with E-state index in [9.17, 15) is 0 Å². The summed E-state index contributed by atoms with van der Waals surface area (Å²) < 4.78 is 5.99. The number of nitrogens with two attached hydrogens (primary N) is 1. The molecule has 2 aromatic rings. The maximum atomic E-state index is 5.99. The molecule has 0 fully saturated rings. The van der Waals surface area contributed by atoms with Gasteiger partial charge in [-0.15, -0.1) is 0 Å². The Hall–Kier alpha value is -2.14. The molecule has 1 heterocycles. The summed E-state index contributed by atoms with van der Waals surface area (Å²) in [7, 11) is 0. The van der Waals surface area contributed by atoms with Crippen molar-refractivity contribution < 1.29 is 4.74 Å². The fourth-order valence-electron chi connectivity index (χ4n) is 2.07.